The van der Waals surface area contributed by atoms with Crippen LogP contribution in [0, 0.1) is 0 Å². The summed E-state index contributed by atoms with van der Waals surface area (Å²) in [5.41, 5.74) is 6.66. The van der Waals surface area contributed by atoms with Crippen LogP contribution in [0.5, 0.6) is 0 Å². The van der Waals surface area contributed by atoms with Crippen LogP contribution in [0.25, 0.3) is 23.3 Å². The van der Waals surface area contributed by atoms with Crippen molar-refractivity contribution < 1.29 is 10.1 Å². The standard InChI is InChI=1S/C25H24O2/c1-3-19-5-7-21(8-6-19)11-18-25(27-26)24-16-14-23(15-17-24)22-12-9-20(4-2)10-13-22/h3-10,12-17,25-26H,1-2,11,18H2. The van der Waals surface area contributed by atoms with E-state index >= 15 is 0 Å². The molecule has 27 heavy (non-hydrogen) atoms. The van der Waals surface area contributed by atoms with E-state index in [4.69, 9.17) is 4.89 Å². The Morgan fingerprint density at radius 3 is 1.70 bits per heavy atom. The van der Waals surface area contributed by atoms with Crippen LogP contribution >= 0.6 is 0 Å². The molecule has 0 heterocycles. The van der Waals surface area contributed by atoms with Crippen molar-refractivity contribution in [2.24, 2.45) is 0 Å². The molecule has 0 bridgehead atoms. The molecule has 0 aliphatic heterocycles. The SMILES string of the molecule is C=Cc1ccc(CCC(OO)c2ccc(-c3ccc(C=C)cc3)cc2)cc1. The summed E-state index contributed by atoms with van der Waals surface area (Å²) in [5.74, 6) is 0. The minimum atomic E-state index is -0.346. The average Bonchev–Trinajstić information content (AvgIpc) is 2.75. The molecule has 1 atom stereocenters. The zero-order valence-electron chi connectivity index (χ0n) is 15.3. The van der Waals surface area contributed by atoms with Crippen LogP contribution in [0.2, 0.25) is 0 Å². The van der Waals surface area contributed by atoms with Gasteiger partial charge in [-0.3, -0.25) is 5.26 Å². The van der Waals surface area contributed by atoms with E-state index in [0.717, 1.165) is 34.2 Å². The van der Waals surface area contributed by atoms with E-state index in [9.17, 15) is 5.26 Å². The van der Waals surface area contributed by atoms with Gasteiger partial charge in [0.25, 0.3) is 0 Å². The number of hydrogen-bond donors (Lipinski definition) is 1. The van der Waals surface area contributed by atoms with Crippen LogP contribution in [0.15, 0.2) is 86.0 Å². The van der Waals surface area contributed by atoms with Crippen molar-refractivity contribution in [3.63, 3.8) is 0 Å². The Morgan fingerprint density at radius 2 is 1.22 bits per heavy atom. The summed E-state index contributed by atoms with van der Waals surface area (Å²) in [6.07, 6.45) is 4.85. The normalized spacial score (nSPS) is 11.7. The molecular formula is C25H24O2. The summed E-state index contributed by atoms with van der Waals surface area (Å²) >= 11 is 0. The largest absolute Gasteiger partial charge is 0.251 e. The Morgan fingerprint density at radius 1 is 0.741 bits per heavy atom. The molecule has 0 aliphatic carbocycles. The van der Waals surface area contributed by atoms with Crippen molar-refractivity contribution in [3.8, 4) is 11.1 Å². The molecule has 0 spiro atoms. The van der Waals surface area contributed by atoms with Crippen molar-refractivity contribution in [1.82, 2.24) is 0 Å². The molecule has 0 saturated heterocycles. The number of aryl methyl sites for hydroxylation is 1. The van der Waals surface area contributed by atoms with Crippen LogP contribution < -0.4 is 0 Å². The summed E-state index contributed by atoms with van der Waals surface area (Å²) in [4.78, 5) is 4.75. The monoisotopic (exact) mass is 356 g/mol. The summed E-state index contributed by atoms with van der Waals surface area (Å²) < 4.78 is 0. The first-order chi connectivity index (χ1) is 13.2. The van der Waals surface area contributed by atoms with Crippen LogP contribution in [0.1, 0.15) is 34.8 Å². The summed E-state index contributed by atoms with van der Waals surface area (Å²) in [6.45, 7) is 7.55. The molecule has 3 aromatic rings. The van der Waals surface area contributed by atoms with Gasteiger partial charge in [0.15, 0.2) is 0 Å². The average molecular weight is 356 g/mol. The van der Waals surface area contributed by atoms with Crippen LogP contribution in [-0.2, 0) is 11.3 Å². The minimum absolute atomic E-state index is 0.346. The van der Waals surface area contributed by atoms with Gasteiger partial charge in [0.2, 0.25) is 0 Å². The molecule has 1 N–H and O–H groups in total. The third-order valence-electron chi connectivity index (χ3n) is 4.80. The highest BCUT2D eigenvalue weighted by Gasteiger charge is 2.12. The van der Waals surface area contributed by atoms with Gasteiger partial charge in [0.1, 0.15) is 6.10 Å². The molecule has 0 amide bonds. The zero-order chi connectivity index (χ0) is 19.1. The van der Waals surface area contributed by atoms with Crippen molar-refractivity contribution in [3.05, 3.63) is 108 Å². The Kier molecular flexibility index (Phi) is 6.37. The number of hydrogen-bond acceptors (Lipinski definition) is 2. The van der Waals surface area contributed by atoms with Crippen LogP contribution in [0.4, 0.5) is 0 Å². The van der Waals surface area contributed by atoms with Gasteiger partial charge in [-0.05, 0) is 46.2 Å². The first-order valence-electron chi connectivity index (χ1n) is 9.08. The van der Waals surface area contributed by atoms with E-state index in [2.05, 4.69) is 49.6 Å². The van der Waals surface area contributed by atoms with E-state index in [0.29, 0.717) is 6.42 Å². The Labute approximate surface area is 161 Å². The topological polar surface area (TPSA) is 29.5 Å². The lowest BCUT2D eigenvalue weighted by atomic mass is 9.97. The minimum Gasteiger partial charge on any atom is -0.251 e. The van der Waals surface area contributed by atoms with E-state index in [-0.39, 0.29) is 6.10 Å². The van der Waals surface area contributed by atoms with Gasteiger partial charge in [-0.1, -0.05) is 98.1 Å². The van der Waals surface area contributed by atoms with Gasteiger partial charge >= 0.3 is 0 Å². The first-order valence-corrected chi connectivity index (χ1v) is 9.08. The fourth-order valence-corrected chi connectivity index (χ4v) is 3.10. The van der Waals surface area contributed by atoms with Crippen LogP contribution in [-0.4, -0.2) is 5.26 Å². The van der Waals surface area contributed by atoms with Crippen molar-refractivity contribution >= 4 is 12.2 Å². The lowest BCUT2D eigenvalue weighted by Crippen LogP contribution is -2.03. The molecule has 0 aromatic heterocycles. The molecule has 0 fully saturated rings. The maximum atomic E-state index is 9.36. The summed E-state index contributed by atoms with van der Waals surface area (Å²) in [5, 5.41) is 9.36. The maximum absolute atomic E-state index is 9.36. The molecule has 3 rings (SSSR count). The lowest BCUT2D eigenvalue weighted by Gasteiger charge is -2.14. The van der Waals surface area contributed by atoms with Gasteiger partial charge < -0.3 is 0 Å². The summed E-state index contributed by atoms with van der Waals surface area (Å²) in [7, 11) is 0. The molecule has 0 radical (unpaired) electrons. The number of benzene rings is 3. The molecule has 3 aromatic carbocycles. The van der Waals surface area contributed by atoms with Gasteiger partial charge in [0.05, 0.1) is 0 Å². The Balaban J connectivity index is 1.67. The molecule has 2 heteroatoms. The van der Waals surface area contributed by atoms with Crippen molar-refractivity contribution in [2.75, 3.05) is 0 Å². The van der Waals surface area contributed by atoms with E-state index in [1.165, 1.54) is 5.56 Å². The fraction of sp³-hybridized carbons (Fsp3) is 0.120. The lowest BCUT2D eigenvalue weighted by molar-refractivity contribution is -0.283. The van der Waals surface area contributed by atoms with Crippen molar-refractivity contribution in [1.29, 1.82) is 0 Å². The molecular weight excluding hydrogens is 332 g/mol. The third-order valence-corrected chi connectivity index (χ3v) is 4.80. The quantitative estimate of drug-likeness (QED) is 0.355. The van der Waals surface area contributed by atoms with Crippen LogP contribution in [0.3, 0.4) is 0 Å². The highest BCUT2D eigenvalue weighted by molar-refractivity contribution is 5.65. The second kappa shape index (κ2) is 9.13. The molecule has 2 nitrogen and oxygen atoms in total. The maximum Gasteiger partial charge on any atom is 0.118 e. The molecule has 0 saturated carbocycles. The van der Waals surface area contributed by atoms with Gasteiger partial charge in [-0.15, -0.1) is 0 Å². The third kappa shape index (κ3) is 4.82. The van der Waals surface area contributed by atoms with E-state index in [1.54, 1.807) is 0 Å². The predicted octanol–water partition coefficient (Wildman–Crippen LogP) is 6.80. The second-order valence-corrected chi connectivity index (χ2v) is 6.53. The summed E-state index contributed by atoms with van der Waals surface area (Å²) in [6, 6.07) is 24.7. The Bertz CT molecular complexity index is 875. The van der Waals surface area contributed by atoms with E-state index < -0.39 is 0 Å². The smallest absolute Gasteiger partial charge is 0.118 e. The molecule has 0 aliphatic rings. The second-order valence-electron chi connectivity index (χ2n) is 6.53. The number of rotatable bonds is 8. The van der Waals surface area contributed by atoms with Gasteiger partial charge in [-0.25, -0.2) is 4.89 Å². The molecule has 136 valence electrons. The van der Waals surface area contributed by atoms with Crippen molar-refractivity contribution in [2.45, 2.75) is 18.9 Å². The highest BCUT2D eigenvalue weighted by atomic mass is 17.1. The van der Waals surface area contributed by atoms with Gasteiger partial charge in [0, 0.05) is 0 Å². The Hall–Kier alpha value is -2.94. The van der Waals surface area contributed by atoms with Gasteiger partial charge in [-0.2, -0.15) is 0 Å². The predicted molar refractivity (Wildman–Crippen MR) is 113 cm³/mol. The fourth-order valence-electron chi connectivity index (χ4n) is 3.10. The highest BCUT2D eigenvalue weighted by Crippen LogP contribution is 2.26. The van der Waals surface area contributed by atoms with E-state index in [1.807, 2.05) is 48.6 Å². The zero-order valence-corrected chi connectivity index (χ0v) is 15.3. The molecule has 1 unspecified atom stereocenters. The first kappa shape index (κ1) is 18.8.